The monoisotopic (exact) mass is 559 g/mol. The number of aliphatic hydroxyl groups is 1. The summed E-state index contributed by atoms with van der Waals surface area (Å²) in [6.07, 6.45) is 0. The second kappa shape index (κ2) is 11.0. The van der Waals surface area contributed by atoms with E-state index in [4.69, 9.17) is 21.1 Å². The van der Waals surface area contributed by atoms with Gasteiger partial charge in [-0.1, -0.05) is 41.9 Å². The zero-order valence-corrected chi connectivity index (χ0v) is 23.2. The van der Waals surface area contributed by atoms with Crippen molar-refractivity contribution in [3.63, 3.8) is 0 Å². The molecule has 6 nitrogen and oxygen atoms in total. The molecule has 198 valence electrons. The first-order valence-electron chi connectivity index (χ1n) is 12.3. The van der Waals surface area contributed by atoms with Gasteiger partial charge in [0.2, 0.25) is 0 Å². The second-order valence-corrected chi connectivity index (χ2v) is 10.6. The van der Waals surface area contributed by atoms with E-state index in [1.807, 2.05) is 55.6 Å². The van der Waals surface area contributed by atoms with E-state index in [2.05, 4.69) is 0 Å². The lowest BCUT2D eigenvalue weighted by molar-refractivity contribution is -0.132. The lowest BCUT2D eigenvalue weighted by Crippen LogP contribution is -2.29. The quantitative estimate of drug-likeness (QED) is 0.147. The molecule has 0 aliphatic carbocycles. The highest BCUT2D eigenvalue weighted by molar-refractivity contribution is 7.10. The van der Waals surface area contributed by atoms with Crippen molar-refractivity contribution in [2.24, 2.45) is 0 Å². The number of Topliss-reactive ketones (excluding diaryl/α,β-unsaturated/α-hetero) is 1. The molecule has 8 heteroatoms. The third-order valence-electron chi connectivity index (χ3n) is 6.69. The van der Waals surface area contributed by atoms with Gasteiger partial charge in [-0.3, -0.25) is 14.5 Å². The van der Waals surface area contributed by atoms with Crippen molar-refractivity contribution in [3.8, 4) is 11.5 Å². The van der Waals surface area contributed by atoms with Crippen LogP contribution in [0.1, 0.15) is 33.2 Å². The van der Waals surface area contributed by atoms with Gasteiger partial charge in [0.25, 0.3) is 11.7 Å². The van der Waals surface area contributed by atoms with Crippen molar-refractivity contribution in [1.82, 2.24) is 0 Å². The lowest BCUT2D eigenvalue weighted by atomic mass is 9.97. The number of anilines is 1. The van der Waals surface area contributed by atoms with E-state index < -0.39 is 17.7 Å². The zero-order valence-electron chi connectivity index (χ0n) is 21.6. The molecule has 4 aromatic rings. The maximum Gasteiger partial charge on any atom is 0.300 e. The van der Waals surface area contributed by atoms with Crippen LogP contribution in [0, 0.1) is 13.8 Å². The predicted octanol–water partition coefficient (Wildman–Crippen LogP) is 7.23. The van der Waals surface area contributed by atoms with E-state index in [0.29, 0.717) is 34.4 Å². The number of halogens is 1. The Morgan fingerprint density at radius 1 is 0.974 bits per heavy atom. The number of benzene rings is 3. The molecule has 3 aromatic carbocycles. The number of ether oxygens (including phenoxy) is 2. The summed E-state index contributed by atoms with van der Waals surface area (Å²) >= 11 is 7.79. The Bertz CT molecular complexity index is 1590. The van der Waals surface area contributed by atoms with Gasteiger partial charge in [0.05, 0.1) is 17.7 Å². The van der Waals surface area contributed by atoms with Crippen molar-refractivity contribution in [1.29, 1.82) is 0 Å². The minimum Gasteiger partial charge on any atom is -0.507 e. The van der Waals surface area contributed by atoms with Crippen LogP contribution in [-0.2, 0) is 16.2 Å². The Kier molecular flexibility index (Phi) is 7.46. The first-order valence-corrected chi connectivity index (χ1v) is 13.5. The van der Waals surface area contributed by atoms with Crippen LogP contribution in [0.4, 0.5) is 5.69 Å². The van der Waals surface area contributed by atoms with Crippen LogP contribution in [0.25, 0.3) is 5.76 Å². The van der Waals surface area contributed by atoms with Crippen molar-refractivity contribution in [2.45, 2.75) is 26.5 Å². The highest BCUT2D eigenvalue weighted by Crippen LogP contribution is 2.46. The average Bonchev–Trinajstić information content (AvgIpc) is 3.47. The molecule has 1 aliphatic rings. The molecular weight excluding hydrogens is 534 g/mol. The summed E-state index contributed by atoms with van der Waals surface area (Å²) in [5, 5.41) is 13.7. The van der Waals surface area contributed by atoms with Crippen LogP contribution in [0.5, 0.6) is 11.5 Å². The molecule has 1 saturated heterocycles. The van der Waals surface area contributed by atoms with Gasteiger partial charge in [-0.05, 0) is 78.4 Å². The average molecular weight is 560 g/mol. The molecule has 1 amide bonds. The Morgan fingerprint density at radius 3 is 2.36 bits per heavy atom. The summed E-state index contributed by atoms with van der Waals surface area (Å²) < 4.78 is 11.2. The fraction of sp³-hybridized carbons (Fsp3) is 0.161. The largest absolute Gasteiger partial charge is 0.507 e. The van der Waals surface area contributed by atoms with E-state index in [-0.39, 0.29) is 11.3 Å². The van der Waals surface area contributed by atoms with Crippen LogP contribution in [-0.4, -0.2) is 23.9 Å². The highest BCUT2D eigenvalue weighted by atomic mass is 35.5. The van der Waals surface area contributed by atoms with Crippen molar-refractivity contribution >= 4 is 46.1 Å². The van der Waals surface area contributed by atoms with Crippen LogP contribution in [0.2, 0.25) is 5.02 Å². The van der Waals surface area contributed by atoms with Crippen LogP contribution >= 0.6 is 22.9 Å². The summed E-state index contributed by atoms with van der Waals surface area (Å²) in [7, 11) is 1.50. The summed E-state index contributed by atoms with van der Waals surface area (Å²) in [6, 6.07) is 21.0. The van der Waals surface area contributed by atoms with Crippen molar-refractivity contribution < 1.29 is 24.2 Å². The standard InChI is InChI=1S/C31H26ClNO5S/c1-18-13-14-39-30(18)27-26(29(35)31(36)33(27)22-10-12-25(37-3)23(32)16-22)28(34)21-9-11-24(19(2)15-21)38-17-20-7-5-4-6-8-20/h4-16,27,34H,17H2,1-3H3/b28-26-. The Morgan fingerprint density at radius 2 is 1.72 bits per heavy atom. The number of carbonyl (C=O) groups excluding carboxylic acids is 2. The summed E-state index contributed by atoms with van der Waals surface area (Å²) in [4.78, 5) is 29.0. The Hall–Kier alpha value is -4.07. The first kappa shape index (κ1) is 26.5. The third-order valence-corrected chi connectivity index (χ3v) is 8.06. The maximum absolute atomic E-state index is 13.5. The molecule has 0 saturated carbocycles. The summed E-state index contributed by atoms with van der Waals surface area (Å²) in [5.41, 5.74) is 3.60. The van der Waals surface area contributed by atoms with Gasteiger partial charge < -0.3 is 14.6 Å². The number of carbonyl (C=O) groups is 2. The number of rotatable bonds is 7. The number of hydrogen-bond donors (Lipinski definition) is 1. The van der Waals surface area contributed by atoms with Gasteiger partial charge in [-0.25, -0.2) is 0 Å². The Labute approximate surface area is 235 Å². The molecule has 0 bridgehead atoms. The topological polar surface area (TPSA) is 76.1 Å². The van der Waals surface area contributed by atoms with Crippen LogP contribution < -0.4 is 14.4 Å². The van der Waals surface area contributed by atoms with E-state index in [1.54, 1.807) is 36.4 Å². The number of aryl methyl sites for hydroxylation is 2. The van der Waals surface area contributed by atoms with E-state index in [9.17, 15) is 14.7 Å². The fourth-order valence-electron chi connectivity index (χ4n) is 4.67. The Balaban J connectivity index is 1.56. The maximum atomic E-state index is 13.5. The summed E-state index contributed by atoms with van der Waals surface area (Å²) in [6.45, 7) is 4.19. The number of aliphatic hydroxyl groups excluding tert-OH is 1. The van der Waals surface area contributed by atoms with Gasteiger partial charge in [0, 0.05) is 16.1 Å². The minimum absolute atomic E-state index is 0.0230. The molecule has 5 rings (SSSR count). The predicted molar refractivity (Wildman–Crippen MR) is 154 cm³/mol. The molecule has 0 radical (unpaired) electrons. The number of thiophene rings is 1. The molecular formula is C31H26ClNO5S. The minimum atomic E-state index is -0.816. The van der Waals surface area contributed by atoms with Gasteiger partial charge in [0.1, 0.15) is 29.9 Å². The molecule has 1 fully saturated rings. The van der Waals surface area contributed by atoms with Gasteiger partial charge in [-0.2, -0.15) is 0 Å². The molecule has 2 heterocycles. The van der Waals surface area contributed by atoms with Crippen molar-refractivity contribution in [3.05, 3.63) is 116 Å². The molecule has 1 atom stereocenters. The summed E-state index contributed by atoms with van der Waals surface area (Å²) in [5.74, 6) is -0.638. The molecule has 1 N–H and O–H groups in total. The van der Waals surface area contributed by atoms with Crippen LogP contribution in [0.15, 0.2) is 83.7 Å². The molecule has 1 aromatic heterocycles. The van der Waals surface area contributed by atoms with Crippen molar-refractivity contribution in [2.75, 3.05) is 12.0 Å². The highest BCUT2D eigenvalue weighted by Gasteiger charge is 2.48. The van der Waals surface area contributed by atoms with Gasteiger partial charge in [0.15, 0.2) is 0 Å². The number of hydrogen-bond acceptors (Lipinski definition) is 6. The van der Waals surface area contributed by atoms with Gasteiger partial charge >= 0.3 is 0 Å². The van der Waals surface area contributed by atoms with E-state index >= 15 is 0 Å². The van der Waals surface area contributed by atoms with E-state index in [0.717, 1.165) is 21.6 Å². The molecule has 1 unspecified atom stereocenters. The lowest BCUT2D eigenvalue weighted by Gasteiger charge is -2.25. The zero-order chi connectivity index (χ0) is 27.7. The first-order chi connectivity index (χ1) is 18.8. The normalized spacial score (nSPS) is 16.5. The number of amides is 1. The fourth-order valence-corrected chi connectivity index (χ4v) is 5.94. The number of methoxy groups -OCH3 is 1. The molecule has 0 spiro atoms. The molecule has 39 heavy (non-hydrogen) atoms. The van der Waals surface area contributed by atoms with E-state index in [1.165, 1.54) is 23.3 Å². The third kappa shape index (κ3) is 5.03. The van der Waals surface area contributed by atoms with Gasteiger partial charge in [-0.15, -0.1) is 11.3 Å². The van der Waals surface area contributed by atoms with Crippen LogP contribution in [0.3, 0.4) is 0 Å². The number of nitrogens with zero attached hydrogens (tertiary/aromatic N) is 1. The number of ketones is 1. The smallest absolute Gasteiger partial charge is 0.300 e. The molecule has 1 aliphatic heterocycles. The second-order valence-electron chi connectivity index (χ2n) is 9.21. The SMILES string of the molecule is COc1ccc(N2C(=O)C(=O)/C(=C(\O)c3ccc(OCc4ccccc4)c(C)c3)C2c2sccc2C)cc1Cl.